The number of aromatic hydroxyl groups is 2. The zero-order chi connectivity index (χ0) is 14.4. The molecular weight excluding hydrogens is 242 g/mol. The predicted molar refractivity (Wildman–Crippen MR) is 75.3 cm³/mol. The van der Waals surface area contributed by atoms with Gasteiger partial charge in [0.2, 0.25) is 5.91 Å². The highest BCUT2D eigenvalue weighted by atomic mass is 16.3. The van der Waals surface area contributed by atoms with E-state index in [1.807, 2.05) is 25.7 Å². The normalized spacial score (nSPS) is 12.2. The topological polar surface area (TPSA) is 60.8 Å². The number of amides is 1. The van der Waals surface area contributed by atoms with Crippen LogP contribution in [-0.4, -0.2) is 34.1 Å². The molecule has 0 heterocycles. The summed E-state index contributed by atoms with van der Waals surface area (Å²) in [5.74, 6) is 0.366. The van der Waals surface area contributed by atoms with E-state index < -0.39 is 0 Å². The van der Waals surface area contributed by atoms with Crippen molar-refractivity contribution in [3.8, 4) is 11.5 Å². The fraction of sp³-hybridized carbons (Fsp3) is 0.533. The Morgan fingerprint density at radius 3 is 2.42 bits per heavy atom. The van der Waals surface area contributed by atoms with Crippen molar-refractivity contribution in [2.75, 3.05) is 13.1 Å². The molecule has 1 aromatic rings. The fourth-order valence-electron chi connectivity index (χ4n) is 2.18. The molecular formula is C15H23NO3. The highest BCUT2D eigenvalue weighted by Crippen LogP contribution is 2.31. The molecule has 0 spiro atoms. The Bertz CT molecular complexity index is 427. The summed E-state index contributed by atoms with van der Waals surface area (Å²) in [5, 5.41) is 19.0. The smallest absolute Gasteiger partial charge is 0.222 e. The van der Waals surface area contributed by atoms with Gasteiger partial charge in [0.15, 0.2) is 0 Å². The minimum atomic E-state index is 0.0488. The first kappa shape index (κ1) is 15.3. The van der Waals surface area contributed by atoms with Gasteiger partial charge >= 0.3 is 0 Å². The van der Waals surface area contributed by atoms with Gasteiger partial charge in [-0.15, -0.1) is 0 Å². The van der Waals surface area contributed by atoms with Gasteiger partial charge in [-0.3, -0.25) is 4.79 Å². The SMILES string of the molecule is CCN(CC)C(=O)CCC(C)c1ccc(O)cc1O. The standard InChI is InChI=1S/C15H23NO3/c1-4-16(5-2)15(19)9-6-11(3)13-8-7-12(17)10-14(13)18/h7-8,10-11,17-18H,4-6,9H2,1-3H3. The van der Waals surface area contributed by atoms with E-state index in [0.29, 0.717) is 12.8 Å². The molecule has 0 saturated carbocycles. The number of carbonyl (C=O) groups is 1. The monoisotopic (exact) mass is 265 g/mol. The van der Waals surface area contributed by atoms with Gasteiger partial charge in [-0.1, -0.05) is 13.0 Å². The van der Waals surface area contributed by atoms with Gasteiger partial charge in [0, 0.05) is 25.6 Å². The second-order valence-electron chi connectivity index (χ2n) is 4.75. The number of nitrogens with zero attached hydrogens (tertiary/aromatic N) is 1. The van der Waals surface area contributed by atoms with Crippen LogP contribution in [0.3, 0.4) is 0 Å². The van der Waals surface area contributed by atoms with Gasteiger partial charge < -0.3 is 15.1 Å². The Balaban J connectivity index is 2.60. The molecule has 0 bridgehead atoms. The van der Waals surface area contributed by atoms with E-state index in [9.17, 15) is 15.0 Å². The summed E-state index contributed by atoms with van der Waals surface area (Å²) >= 11 is 0. The van der Waals surface area contributed by atoms with Crippen LogP contribution >= 0.6 is 0 Å². The Morgan fingerprint density at radius 1 is 1.26 bits per heavy atom. The first-order valence-electron chi connectivity index (χ1n) is 6.79. The zero-order valence-corrected chi connectivity index (χ0v) is 11.9. The molecule has 1 aromatic carbocycles. The predicted octanol–water partition coefficient (Wildman–Crippen LogP) is 2.85. The molecule has 1 amide bonds. The van der Waals surface area contributed by atoms with Crippen molar-refractivity contribution in [1.82, 2.24) is 4.90 Å². The van der Waals surface area contributed by atoms with Crippen LogP contribution in [-0.2, 0) is 4.79 Å². The van der Waals surface area contributed by atoms with Gasteiger partial charge in [-0.25, -0.2) is 0 Å². The van der Waals surface area contributed by atoms with E-state index in [1.165, 1.54) is 6.07 Å². The van der Waals surface area contributed by atoms with Gasteiger partial charge in [0.25, 0.3) is 0 Å². The molecule has 1 unspecified atom stereocenters. The third-order valence-electron chi connectivity index (χ3n) is 3.45. The van der Waals surface area contributed by atoms with E-state index in [0.717, 1.165) is 18.7 Å². The number of phenolic OH excluding ortho intramolecular Hbond substituents is 2. The van der Waals surface area contributed by atoms with Gasteiger partial charge in [-0.2, -0.15) is 0 Å². The number of carbonyl (C=O) groups excluding carboxylic acids is 1. The summed E-state index contributed by atoms with van der Waals surface area (Å²) < 4.78 is 0. The molecule has 0 fully saturated rings. The maximum absolute atomic E-state index is 11.9. The first-order chi connectivity index (χ1) is 8.99. The quantitative estimate of drug-likeness (QED) is 0.831. The van der Waals surface area contributed by atoms with Crippen molar-refractivity contribution in [3.63, 3.8) is 0 Å². The van der Waals surface area contributed by atoms with Crippen LogP contribution in [0.4, 0.5) is 0 Å². The number of rotatable bonds is 6. The van der Waals surface area contributed by atoms with Crippen LogP contribution in [0.1, 0.15) is 45.1 Å². The lowest BCUT2D eigenvalue weighted by molar-refractivity contribution is -0.131. The molecule has 0 saturated heterocycles. The fourth-order valence-corrected chi connectivity index (χ4v) is 2.18. The summed E-state index contributed by atoms with van der Waals surface area (Å²) in [6.07, 6.45) is 1.16. The van der Waals surface area contributed by atoms with E-state index in [1.54, 1.807) is 12.1 Å². The molecule has 4 nitrogen and oxygen atoms in total. The Kier molecular flexibility index (Phi) is 5.67. The number of benzene rings is 1. The van der Waals surface area contributed by atoms with Crippen molar-refractivity contribution >= 4 is 5.91 Å². The van der Waals surface area contributed by atoms with Gasteiger partial charge in [-0.05, 0) is 37.8 Å². The van der Waals surface area contributed by atoms with Crippen molar-refractivity contribution in [2.24, 2.45) is 0 Å². The van der Waals surface area contributed by atoms with Crippen molar-refractivity contribution in [1.29, 1.82) is 0 Å². The second kappa shape index (κ2) is 7.02. The van der Waals surface area contributed by atoms with Crippen molar-refractivity contribution in [2.45, 2.75) is 39.5 Å². The average Bonchev–Trinajstić information content (AvgIpc) is 2.37. The van der Waals surface area contributed by atoms with Crippen molar-refractivity contribution in [3.05, 3.63) is 23.8 Å². The third kappa shape index (κ3) is 4.16. The summed E-state index contributed by atoms with van der Waals surface area (Å²) in [6, 6.07) is 4.59. The maximum atomic E-state index is 11.9. The molecule has 19 heavy (non-hydrogen) atoms. The average molecular weight is 265 g/mol. The molecule has 0 radical (unpaired) electrons. The highest BCUT2D eigenvalue weighted by molar-refractivity contribution is 5.76. The Labute approximate surface area is 114 Å². The van der Waals surface area contributed by atoms with Crippen LogP contribution in [0.15, 0.2) is 18.2 Å². The minimum Gasteiger partial charge on any atom is -0.508 e. The van der Waals surface area contributed by atoms with Gasteiger partial charge in [0.05, 0.1) is 0 Å². The van der Waals surface area contributed by atoms with E-state index in [4.69, 9.17) is 0 Å². The number of phenols is 2. The first-order valence-corrected chi connectivity index (χ1v) is 6.79. The lowest BCUT2D eigenvalue weighted by Crippen LogP contribution is -2.30. The number of hydrogen-bond donors (Lipinski definition) is 2. The molecule has 106 valence electrons. The van der Waals surface area contributed by atoms with Gasteiger partial charge in [0.1, 0.15) is 11.5 Å². The minimum absolute atomic E-state index is 0.0488. The lowest BCUT2D eigenvalue weighted by Gasteiger charge is -2.20. The van der Waals surface area contributed by atoms with Crippen LogP contribution in [0.5, 0.6) is 11.5 Å². The molecule has 0 aromatic heterocycles. The molecule has 0 aliphatic carbocycles. The molecule has 2 N–H and O–H groups in total. The van der Waals surface area contributed by atoms with E-state index >= 15 is 0 Å². The van der Waals surface area contributed by atoms with Crippen LogP contribution in [0.25, 0.3) is 0 Å². The van der Waals surface area contributed by atoms with Crippen LogP contribution < -0.4 is 0 Å². The Hall–Kier alpha value is -1.71. The number of hydrogen-bond acceptors (Lipinski definition) is 3. The third-order valence-corrected chi connectivity index (χ3v) is 3.45. The summed E-state index contributed by atoms with van der Waals surface area (Å²) in [5.41, 5.74) is 0.769. The Morgan fingerprint density at radius 2 is 1.89 bits per heavy atom. The van der Waals surface area contributed by atoms with Crippen LogP contribution in [0.2, 0.25) is 0 Å². The van der Waals surface area contributed by atoms with E-state index in [-0.39, 0.29) is 23.3 Å². The molecule has 1 rings (SSSR count). The zero-order valence-electron chi connectivity index (χ0n) is 11.9. The van der Waals surface area contributed by atoms with Crippen LogP contribution in [0, 0.1) is 0 Å². The lowest BCUT2D eigenvalue weighted by atomic mass is 9.95. The molecule has 4 heteroatoms. The summed E-state index contributed by atoms with van der Waals surface area (Å²) in [4.78, 5) is 13.7. The maximum Gasteiger partial charge on any atom is 0.222 e. The molecule has 0 aliphatic heterocycles. The summed E-state index contributed by atoms with van der Waals surface area (Å²) in [7, 11) is 0. The summed E-state index contributed by atoms with van der Waals surface area (Å²) in [6.45, 7) is 7.37. The second-order valence-corrected chi connectivity index (χ2v) is 4.75. The highest BCUT2D eigenvalue weighted by Gasteiger charge is 2.15. The molecule has 1 atom stereocenters. The van der Waals surface area contributed by atoms with E-state index in [2.05, 4.69) is 0 Å². The largest absolute Gasteiger partial charge is 0.508 e. The molecule has 0 aliphatic rings. The van der Waals surface area contributed by atoms with Crippen molar-refractivity contribution < 1.29 is 15.0 Å².